The van der Waals surface area contributed by atoms with Crippen molar-refractivity contribution in [3.05, 3.63) is 53.9 Å². The van der Waals surface area contributed by atoms with Gasteiger partial charge in [-0.25, -0.2) is 9.78 Å². The zero-order valence-electron chi connectivity index (χ0n) is 21.7. The van der Waals surface area contributed by atoms with Crippen molar-refractivity contribution < 1.29 is 24.3 Å². The highest BCUT2D eigenvalue weighted by Gasteiger charge is 2.30. The Hall–Kier alpha value is -4.72. The third-order valence-corrected chi connectivity index (χ3v) is 7.08. The van der Waals surface area contributed by atoms with Crippen molar-refractivity contribution in [2.75, 3.05) is 17.3 Å². The van der Waals surface area contributed by atoms with E-state index < -0.39 is 17.9 Å². The highest BCUT2D eigenvalue weighted by Crippen LogP contribution is 2.28. The number of nitriles is 1. The van der Waals surface area contributed by atoms with Crippen LogP contribution in [0.25, 0.3) is 11.0 Å². The quantitative estimate of drug-likeness (QED) is 0.347. The fourth-order valence-electron chi connectivity index (χ4n) is 4.71. The van der Waals surface area contributed by atoms with Gasteiger partial charge in [0.1, 0.15) is 6.04 Å². The molecule has 1 unspecified atom stereocenters. The van der Waals surface area contributed by atoms with Gasteiger partial charge < -0.3 is 25.6 Å². The molecular formula is C28H30N6O5. The molecule has 1 aliphatic carbocycles. The Labute approximate surface area is 225 Å². The first-order chi connectivity index (χ1) is 18.6. The van der Waals surface area contributed by atoms with Crippen molar-refractivity contribution in [2.45, 2.75) is 45.1 Å². The summed E-state index contributed by atoms with van der Waals surface area (Å²) < 4.78 is 0. The number of rotatable bonds is 8. The van der Waals surface area contributed by atoms with E-state index >= 15 is 0 Å². The maximum absolute atomic E-state index is 13.5. The molecule has 4 N–H and O–H groups in total. The van der Waals surface area contributed by atoms with Crippen LogP contribution in [0, 0.1) is 23.2 Å². The molecule has 11 nitrogen and oxygen atoms in total. The molecule has 1 heterocycles. The summed E-state index contributed by atoms with van der Waals surface area (Å²) in [6.45, 7) is 1.46. The van der Waals surface area contributed by atoms with E-state index in [0.717, 1.165) is 5.56 Å². The van der Waals surface area contributed by atoms with Gasteiger partial charge in [-0.15, -0.1) is 0 Å². The summed E-state index contributed by atoms with van der Waals surface area (Å²) >= 11 is 0. The number of nitrogens with zero attached hydrogens (tertiary/aromatic N) is 3. The number of carbonyl (C=O) groups excluding carboxylic acids is 3. The van der Waals surface area contributed by atoms with Crippen LogP contribution in [0.4, 0.5) is 11.4 Å². The number of hydrogen-bond donors (Lipinski definition) is 4. The number of nitrogens with one attached hydrogen (secondary N) is 3. The minimum absolute atomic E-state index is 0.0484. The van der Waals surface area contributed by atoms with E-state index in [1.165, 1.54) is 11.8 Å². The normalized spacial score (nSPS) is 17.6. The first kappa shape index (κ1) is 27.3. The molecule has 2 aromatic carbocycles. The van der Waals surface area contributed by atoms with Crippen LogP contribution >= 0.6 is 0 Å². The number of hydrogen-bond acceptors (Lipinski definition) is 6. The predicted molar refractivity (Wildman–Crippen MR) is 144 cm³/mol. The fraction of sp³-hybridized carbons (Fsp3) is 0.357. The van der Waals surface area contributed by atoms with Crippen molar-refractivity contribution in [1.82, 2.24) is 15.3 Å². The molecule has 3 aromatic rings. The van der Waals surface area contributed by atoms with E-state index in [-0.39, 0.29) is 35.9 Å². The molecule has 3 amide bonds. The number of anilines is 2. The third-order valence-electron chi connectivity index (χ3n) is 7.08. The topological polar surface area (TPSA) is 168 Å². The standard InChI is InChI=1S/C28H30N6O5/c1-16(35)34(2)21-5-3-4-18(12-21)13-24(33-26(36)19-8-6-17(15-29)7-9-19)27(37)30-20-10-11-22-23(14-20)32-25(31-22)28(38)39/h3-5,10-12,14,17,19,24H,6-9,13H2,1-2H3,(H,30,37)(H,31,32)(H,33,36)(H,38,39). The Morgan fingerprint density at radius 2 is 1.90 bits per heavy atom. The molecule has 11 heteroatoms. The molecule has 39 heavy (non-hydrogen) atoms. The molecule has 0 bridgehead atoms. The number of imidazole rings is 1. The lowest BCUT2D eigenvalue weighted by atomic mass is 9.82. The van der Waals surface area contributed by atoms with Crippen LogP contribution in [-0.4, -0.2) is 51.9 Å². The van der Waals surface area contributed by atoms with Gasteiger partial charge in [0.05, 0.1) is 17.1 Å². The van der Waals surface area contributed by atoms with Crippen LogP contribution < -0.4 is 15.5 Å². The molecule has 0 spiro atoms. The molecule has 1 atom stereocenters. The maximum atomic E-state index is 13.5. The summed E-state index contributed by atoms with van der Waals surface area (Å²) in [4.78, 5) is 57.9. The van der Waals surface area contributed by atoms with E-state index in [1.54, 1.807) is 43.4 Å². The summed E-state index contributed by atoms with van der Waals surface area (Å²) in [5.41, 5.74) is 2.70. The second kappa shape index (κ2) is 11.8. The summed E-state index contributed by atoms with van der Waals surface area (Å²) in [5.74, 6) is -2.56. The molecule has 1 aromatic heterocycles. The molecule has 202 valence electrons. The van der Waals surface area contributed by atoms with Gasteiger partial charge >= 0.3 is 5.97 Å². The number of amides is 3. The van der Waals surface area contributed by atoms with Crippen LogP contribution in [0.5, 0.6) is 0 Å². The number of carboxylic acids is 1. The molecule has 0 radical (unpaired) electrons. The largest absolute Gasteiger partial charge is 0.475 e. The SMILES string of the molecule is CC(=O)N(C)c1cccc(CC(NC(=O)C2CCC(C#N)CC2)C(=O)Nc2ccc3[nH]c(C(=O)O)nc3c2)c1. The van der Waals surface area contributed by atoms with Crippen molar-refractivity contribution >= 4 is 46.1 Å². The fourth-order valence-corrected chi connectivity index (χ4v) is 4.71. The van der Waals surface area contributed by atoms with Crippen LogP contribution in [0.15, 0.2) is 42.5 Å². The zero-order valence-corrected chi connectivity index (χ0v) is 21.7. The molecule has 1 saturated carbocycles. The zero-order chi connectivity index (χ0) is 28.1. The number of H-pyrrole nitrogens is 1. The smallest absolute Gasteiger partial charge is 0.371 e. The number of aromatic amines is 1. The lowest BCUT2D eigenvalue weighted by Gasteiger charge is -2.26. The second-order valence-corrected chi connectivity index (χ2v) is 9.80. The lowest BCUT2D eigenvalue weighted by Crippen LogP contribution is -2.47. The number of benzene rings is 2. The van der Waals surface area contributed by atoms with E-state index in [0.29, 0.717) is 48.1 Å². The average molecular weight is 531 g/mol. The van der Waals surface area contributed by atoms with Crippen LogP contribution in [0.3, 0.4) is 0 Å². The summed E-state index contributed by atoms with van der Waals surface area (Å²) in [5, 5.41) is 24.1. The molecule has 0 aliphatic heterocycles. The van der Waals surface area contributed by atoms with E-state index in [9.17, 15) is 24.3 Å². The Balaban J connectivity index is 1.55. The first-order valence-corrected chi connectivity index (χ1v) is 12.7. The van der Waals surface area contributed by atoms with Crippen LogP contribution in [0.2, 0.25) is 0 Å². The predicted octanol–water partition coefficient (Wildman–Crippen LogP) is 3.24. The summed E-state index contributed by atoms with van der Waals surface area (Å²) in [7, 11) is 1.66. The number of aromatic carboxylic acids is 1. The Morgan fingerprint density at radius 3 is 2.56 bits per heavy atom. The van der Waals surface area contributed by atoms with Gasteiger partial charge in [0.15, 0.2) is 0 Å². The highest BCUT2D eigenvalue weighted by molar-refractivity contribution is 5.99. The monoisotopic (exact) mass is 530 g/mol. The molecule has 0 saturated heterocycles. The van der Waals surface area contributed by atoms with Crippen molar-refractivity contribution in [2.24, 2.45) is 11.8 Å². The average Bonchev–Trinajstić information content (AvgIpc) is 3.36. The highest BCUT2D eigenvalue weighted by atomic mass is 16.4. The van der Waals surface area contributed by atoms with Gasteiger partial charge in [0, 0.05) is 43.6 Å². The van der Waals surface area contributed by atoms with Gasteiger partial charge in [-0.1, -0.05) is 12.1 Å². The summed E-state index contributed by atoms with van der Waals surface area (Å²) in [6, 6.07) is 13.3. The number of carbonyl (C=O) groups is 4. The minimum Gasteiger partial charge on any atom is -0.475 e. The van der Waals surface area contributed by atoms with E-state index in [1.807, 2.05) is 6.07 Å². The van der Waals surface area contributed by atoms with E-state index in [4.69, 9.17) is 5.26 Å². The van der Waals surface area contributed by atoms with Crippen LogP contribution in [-0.2, 0) is 20.8 Å². The Kier molecular flexibility index (Phi) is 8.24. The molecule has 1 fully saturated rings. The van der Waals surface area contributed by atoms with Gasteiger partial charge in [0.2, 0.25) is 23.5 Å². The Morgan fingerprint density at radius 1 is 1.15 bits per heavy atom. The first-order valence-electron chi connectivity index (χ1n) is 12.7. The summed E-state index contributed by atoms with van der Waals surface area (Å²) in [6.07, 6.45) is 2.64. The molecule has 1 aliphatic rings. The van der Waals surface area contributed by atoms with Gasteiger partial charge in [-0.05, 0) is 61.6 Å². The second-order valence-electron chi connectivity index (χ2n) is 9.80. The number of aromatic nitrogens is 2. The minimum atomic E-state index is -1.19. The van der Waals surface area contributed by atoms with Crippen LogP contribution in [0.1, 0.15) is 48.8 Å². The van der Waals surface area contributed by atoms with Gasteiger partial charge in [-0.2, -0.15) is 5.26 Å². The van der Waals surface area contributed by atoms with Crippen molar-refractivity contribution in [3.8, 4) is 6.07 Å². The van der Waals surface area contributed by atoms with Gasteiger partial charge in [-0.3, -0.25) is 14.4 Å². The molecular weight excluding hydrogens is 500 g/mol. The van der Waals surface area contributed by atoms with E-state index in [2.05, 4.69) is 26.7 Å². The van der Waals surface area contributed by atoms with Crippen molar-refractivity contribution in [1.29, 1.82) is 5.26 Å². The third kappa shape index (κ3) is 6.59. The lowest BCUT2D eigenvalue weighted by molar-refractivity contribution is -0.130. The number of fused-ring (bicyclic) bond motifs is 1. The molecule has 4 rings (SSSR count). The van der Waals surface area contributed by atoms with Crippen molar-refractivity contribution in [3.63, 3.8) is 0 Å². The number of carboxylic acid groups (broad SMARTS) is 1. The maximum Gasteiger partial charge on any atom is 0.371 e. The Bertz CT molecular complexity index is 1450. The van der Waals surface area contributed by atoms with Gasteiger partial charge in [0.25, 0.3) is 0 Å².